The van der Waals surface area contributed by atoms with Crippen molar-refractivity contribution in [2.45, 2.75) is 37.0 Å². The first kappa shape index (κ1) is 25.7. The Morgan fingerprint density at radius 3 is 2.62 bits per heavy atom. The third-order valence-corrected chi connectivity index (χ3v) is 7.03. The molecule has 3 rings (SSSR count). The summed E-state index contributed by atoms with van der Waals surface area (Å²) >= 11 is 0. The van der Waals surface area contributed by atoms with E-state index in [0.29, 0.717) is 0 Å². The number of hydrogen-bond acceptors (Lipinski definition) is 6. The molecule has 0 fully saturated rings. The van der Waals surface area contributed by atoms with Crippen molar-refractivity contribution in [2.24, 2.45) is 10.7 Å². The van der Waals surface area contributed by atoms with Crippen LogP contribution in [0, 0.1) is 5.82 Å². The van der Waals surface area contributed by atoms with Crippen LogP contribution in [0.4, 0.5) is 26.3 Å². The maximum absolute atomic E-state index is 14.6. The molecule has 2 N–H and O–H groups in total. The molecule has 13 heteroatoms. The molecule has 0 spiro atoms. The van der Waals surface area contributed by atoms with Crippen molar-refractivity contribution in [3.8, 4) is 5.88 Å². The molecule has 0 aliphatic carbocycles. The second kappa shape index (κ2) is 9.72. The van der Waals surface area contributed by atoms with Gasteiger partial charge in [0.25, 0.3) is 0 Å². The second-order valence-electron chi connectivity index (χ2n) is 7.92. The van der Waals surface area contributed by atoms with Crippen LogP contribution in [-0.2, 0) is 10.8 Å². The van der Waals surface area contributed by atoms with Crippen LogP contribution in [0.3, 0.4) is 0 Å². The van der Waals surface area contributed by atoms with Crippen LogP contribution in [0.15, 0.2) is 35.6 Å². The molecular formula is C21H20F6N4O2S. The Labute approximate surface area is 193 Å². The van der Waals surface area contributed by atoms with Crippen LogP contribution in [0.1, 0.15) is 36.7 Å². The van der Waals surface area contributed by atoms with Gasteiger partial charge in [-0.25, -0.2) is 27.5 Å². The Kier molecular flexibility index (Phi) is 7.34. The number of ether oxygens (including phenoxy) is 1. The largest absolute Gasteiger partial charge is 0.470 e. The van der Waals surface area contributed by atoms with E-state index < -0.39 is 58.1 Å². The van der Waals surface area contributed by atoms with E-state index in [1.807, 2.05) is 0 Å². The molecule has 1 aromatic carbocycles. The van der Waals surface area contributed by atoms with E-state index in [2.05, 4.69) is 19.7 Å². The summed E-state index contributed by atoms with van der Waals surface area (Å²) in [5, 5.41) is 0. The summed E-state index contributed by atoms with van der Waals surface area (Å²) in [4.78, 5) is 11.5. The molecule has 34 heavy (non-hydrogen) atoms. The van der Waals surface area contributed by atoms with Gasteiger partial charge in [-0.3, -0.25) is 9.20 Å². The third kappa shape index (κ3) is 5.57. The molecule has 6 nitrogen and oxygen atoms in total. The quantitative estimate of drug-likeness (QED) is 0.566. The number of nitrogens with zero attached hydrogens (tertiary/aromatic N) is 3. The van der Waals surface area contributed by atoms with Gasteiger partial charge in [0.2, 0.25) is 5.88 Å². The summed E-state index contributed by atoms with van der Waals surface area (Å²) in [7, 11) is -1.41. The topological polar surface area (TPSA) is 90.5 Å². The van der Waals surface area contributed by atoms with Crippen LogP contribution < -0.4 is 10.5 Å². The van der Waals surface area contributed by atoms with Gasteiger partial charge in [-0.2, -0.15) is 8.78 Å². The first-order chi connectivity index (χ1) is 15.8. The molecule has 2 unspecified atom stereocenters. The summed E-state index contributed by atoms with van der Waals surface area (Å²) in [6.07, 6.45) is -1.22. The van der Waals surface area contributed by atoms with Gasteiger partial charge in [0.15, 0.2) is 12.4 Å². The summed E-state index contributed by atoms with van der Waals surface area (Å²) in [5.41, 5.74) is 5.92. The lowest BCUT2D eigenvalue weighted by atomic mass is 10.0. The average molecular weight is 506 g/mol. The molecule has 1 aliphatic heterocycles. The molecule has 0 radical (unpaired) electrons. The summed E-state index contributed by atoms with van der Waals surface area (Å²) < 4.78 is 95.3. The smallest absolute Gasteiger partial charge is 0.340 e. The standard InChI is InChI=1S/C21H20F6N4O2S/c1-20(2)19(28)31-16(9-34(20)32)12-5-11(3-4-13(12)22)6-14(23)15-7-30-17(8-29-15)33-10-21(26,27)18(24)25/h3-8,16,18H,9-10H2,1-2H3,(H2,28,31)/b14-6-. The van der Waals surface area contributed by atoms with Gasteiger partial charge in [-0.1, -0.05) is 6.07 Å². The Balaban J connectivity index is 1.79. The molecule has 0 bridgehead atoms. The van der Waals surface area contributed by atoms with Crippen molar-refractivity contribution in [2.75, 3.05) is 12.4 Å². The van der Waals surface area contributed by atoms with Crippen molar-refractivity contribution in [1.82, 2.24) is 9.97 Å². The first-order valence-corrected chi connectivity index (χ1v) is 11.1. The third-order valence-electron chi connectivity index (χ3n) is 5.07. The van der Waals surface area contributed by atoms with Crippen LogP contribution in [-0.4, -0.2) is 49.5 Å². The lowest BCUT2D eigenvalue weighted by molar-refractivity contribution is -0.148. The lowest BCUT2D eigenvalue weighted by Gasteiger charge is -2.31. The molecule has 1 aromatic heterocycles. The zero-order chi connectivity index (χ0) is 25.3. The molecular weight excluding hydrogens is 486 g/mol. The lowest BCUT2D eigenvalue weighted by Crippen LogP contribution is -2.47. The number of nitrogens with two attached hydrogens (primary N) is 1. The molecule has 0 saturated heterocycles. The van der Waals surface area contributed by atoms with Crippen molar-refractivity contribution in [1.29, 1.82) is 0 Å². The van der Waals surface area contributed by atoms with E-state index >= 15 is 0 Å². The van der Waals surface area contributed by atoms with Gasteiger partial charge in [-0.15, -0.1) is 0 Å². The zero-order valence-electron chi connectivity index (χ0n) is 17.9. The first-order valence-electron chi connectivity index (χ1n) is 9.81. The highest BCUT2D eigenvalue weighted by Crippen LogP contribution is 2.32. The Morgan fingerprint density at radius 2 is 2.03 bits per heavy atom. The van der Waals surface area contributed by atoms with E-state index in [9.17, 15) is 30.6 Å². The Morgan fingerprint density at radius 1 is 1.32 bits per heavy atom. The second-order valence-corrected chi connectivity index (χ2v) is 9.96. The molecule has 2 aromatic rings. The van der Waals surface area contributed by atoms with Gasteiger partial charge in [0.05, 0.1) is 28.9 Å². The average Bonchev–Trinajstić information content (AvgIpc) is 2.77. The fraction of sp³-hybridized carbons (Fsp3) is 0.381. The monoisotopic (exact) mass is 506 g/mol. The number of halogens is 6. The van der Waals surface area contributed by atoms with Gasteiger partial charge >= 0.3 is 12.3 Å². The normalized spacial score (nSPS) is 20.9. The minimum absolute atomic E-state index is 0.0395. The predicted octanol–water partition coefficient (Wildman–Crippen LogP) is 4.30. The zero-order valence-corrected chi connectivity index (χ0v) is 18.8. The number of rotatable bonds is 7. The van der Waals surface area contributed by atoms with Gasteiger partial charge in [0, 0.05) is 16.4 Å². The molecule has 2 atom stereocenters. The van der Waals surface area contributed by atoms with Gasteiger partial charge < -0.3 is 10.5 Å². The van der Waals surface area contributed by atoms with Crippen molar-refractivity contribution in [3.63, 3.8) is 0 Å². The minimum Gasteiger partial charge on any atom is -0.470 e. The van der Waals surface area contributed by atoms with Crippen LogP contribution in [0.2, 0.25) is 0 Å². The maximum atomic E-state index is 14.6. The fourth-order valence-corrected chi connectivity index (χ4v) is 4.11. The Bertz CT molecular complexity index is 1140. The molecule has 2 heterocycles. The SMILES string of the molecule is CC1(C)C(N)=NC(c2cc(/C=C(\F)c3cnc(OCC(F)(F)C(F)F)cn3)ccc2F)CS1=O. The summed E-state index contributed by atoms with van der Waals surface area (Å²) in [5.74, 6) is -6.23. The number of alkyl halides is 4. The van der Waals surface area contributed by atoms with Crippen molar-refractivity contribution >= 4 is 28.5 Å². The molecule has 184 valence electrons. The van der Waals surface area contributed by atoms with E-state index in [-0.39, 0.29) is 28.4 Å². The van der Waals surface area contributed by atoms with E-state index in [1.165, 1.54) is 12.1 Å². The highest BCUT2D eigenvalue weighted by atomic mass is 32.2. The van der Waals surface area contributed by atoms with Gasteiger partial charge in [0.1, 0.15) is 17.3 Å². The number of benzene rings is 1. The summed E-state index contributed by atoms with van der Waals surface area (Å²) in [6, 6.07) is 2.93. The number of aromatic nitrogens is 2. The maximum Gasteiger partial charge on any atom is 0.340 e. The minimum atomic E-state index is -4.37. The molecule has 0 amide bonds. The van der Waals surface area contributed by atoms with Crippen LogP contribution in [0.5, 0.6) is 5.88 Å². The van der Waals surface area contributed by atoms with Crippen molar-refractivity contribution in [3.05, 3.63) is 53.2 Å². The highest BCUT2D eigenvalue weighted by Gasteiger charge is 2.42. The fourth-order valence-electron chi connectivity index (χ4n) is 2.86. The number of amidine groups is 1. The Hall–Kier alpha value is -2.96. The van der Waals surface area contributed by atoms with E-state index in [1.54, 1.807) is 13.8 Å². The van der Waals surface area contributed by atoms with E-state index in [4.69, 9.17) is 5.73 Å². The van der Waals surface area contributed by atoms with Crippen molar-refractivity contribution < 1.29 is 35.3 Å². The predicted molar refractivity (Wildman–Crippen MR) is 115 cm³/mol. The number of hydrogen-bond donors (Lipinski definition) is 1. The van der Waals surface area contributed by atoms with Crippen LogP contribution >= 0.6 is 0 Å². The van der Waals surface area contributed by atoms with Gasteiger partial charge in [-0.05, 0) is 37.6 Å². The van der Waals surface area contributed by atoms with E-state index in [0.717, 1.165) is 24.5 Å². The van der Waals surface area contributed by atoms with Crippen LogP contribution in [0.25, 0.3) is 11.9 Å². The highest BCUT2D eigenvalue weighted by molar-refractivity contribution is 7.87. The molecule has 1 aliphatic rings. The summed E-state index contributed by atoms with van der Waals surface area (Å²) in [6.45, 7) is 1.72. The number of aliphatic imine (C=N–C) groups is 1. The molecule has 0 saturated carbocycles.